The number of nitrogens with zero attached hydrogens (tertiary/aromatic N) is 5. The first-order valence-corrected chi connectivity index (χ1v) is 13.8. The molecular formula is C27H34Cl2N6O2. The average Bonchev–Trinajstić information content (AvgIpc) is 3.50. The fourth-order valence-electron chi connectivity index (χ4n) is 5.70. The Morgan fingerprint density at radius 3 is 2.32 bits per heavy atom. The van der Waals surface area contributed by atoms with Crippen LogP contribution in [0.3, 0.4) is 0 Å². The molecule has 1 aromatic carbocycles. The summed E-state index contributed by atoms with van der Waals surface area (Å²) in [5.74, 6) is -0.238. The first-order valence-electron chi connectivity index (χ1n) is 13.0. The monoisotopic (exact) mass is 544 g/mol. The van der Waals surface area contributed by atoms with Crippen molar-refractivity contribution in [3.05, 3.63) is 50.8 Å². The fourth-order valence-corrected chi connectivity index (χ4v) is 6.20. The van der Waals surface area contributed by atoms with E-state index in [4.69, 9.17) is 33.9 Å². The van der Waals surface area contributed by atoms with E-state index in [1.54, 1.807) is 17.0 Å². The molecule has 8 nitrogen and oxygen atoms in total. The zero-order valence-electron chi connectivity index (χ0n) is 21.3. The van der Waals surface area contributed by atoms with E-state index in [1.165, 1.54) is 25.9 Å². The second kappa shape index (κ2) is 11.3. The molecule has 3 aliphatic rings. The van der Waals surface area contributed by atoms with Crippen LogP contribution in [0, 0.1) is 6.92 Å². The Morgan fingerprint density at radius 2 is 1.68 bits per heavy atom. The highest BCUT2D eigenvalue weighted by molar-refractivity contribution is 6.36. The molecule has 10 heteroatoms. The molecule has 2 fully saturated rings. The van der Waals surface area contributed by atoms with Crippen molar-refractivity contribution >= 4 is 35.0 Å². The number of nitrogens with two attached hydrogens (primary N) is 1. The lowest BCUT2D eigenvalue weighted by Gasteiger charge is -2.36. The van der Waals surface area contributed by atoms with E-state index < -0.39 is 0 Å². The third-order valence-corrected chi connectivity index (χ3v) is 8.36. The minimum absolute atomic E-state index is 0.0257. The molecule has 0 radical (unpaired) electrons. The van der Waals surface area contributed by atoms with Gasteiger partial charge < -0.3 is 20.4 Å². The van der Waals surface area contributed by atoms with Gasteiger partial charge in [0.1, 0.15) is 6.54 Å². The van der Waals surface area contributed by atoms with Gasteiger partial charge >= 0.3 is 0 Å². The molecule has 5 rings (SSSR count). The summed E-state index contributed by atoms with van der Waals surface area (Å²) in [4.78, 5) is 39.9. The number of benzene rings is 1. The van der Waals surface area contributed by atoms with Crippen molar-refractivity contribution in [3.63, 3.8) is 0 Å². The van der Waals surface area contributed by atoms with Gasteiger partial charge in [-0.15, -0.1) is 0 Å². The van der Waals surface area contributed by atoms with Gasteiger partial charge in [0.2, 0.25) is 5.91 Å². The van der Waals surface area contributed by atoms with Crippen molar-refractivity contribution in [2.75, 3.05) is 58.9 Å². The van der Waals surface area contributed by atoms with Gasteiger partial charge in [0, 0.05) is 72.7 Å². The molecule has 0 bridgehead atoms. The molecule has 198 valence electrons. The van der Waals surface area contributed by atoms with Crippen LogP contribution >= 0.6 is 23.2 Å². The maximum absolute atomic E-state index is 13.6. The quantitative estimate of drug-likeness (QED) is 0.576. The Balaban J connectivity index is 1.27. The van der Waals surface area contributed by atoms with E-state index in [9.17, 15) is 9.59 Å². The lowest BCUT2D eigenvalue weighted by atomic mass is 9.93. The van der Waals surface area contributed by atoms with E-state index in [1.807, 2.05) is 17.9 Å². The predicted octanol–water partition coefficient (Wildman–Crippen LogP) is 3.02. The van der Waals surface area contributed by atoms with Crippen LogP contribution in [0.2, 0.25) is 10.0 Å². The summed E-state index contributed by atoms with van der Waals surface area (Å²) in [6.07, 6.45) is 2.61. The van der Waals surface area contributed by atoms with Crippen molar-refractivity contribution in [2.24, 2.45) is 5.73 Å². The maximum atomic E-state index is 13.6. The average molecular weight is 546 g/mol. The molecule has 2 N–H and O–H groups in total. The minimum Gasteiger partial charge on any atom is -0.339 e. The summed E-state index contributed by atoms with van der Waals surface area (Å²) in [6, 6.07) is 5.21. The van der Waals surface area contributed by atoms with Crippen LogP contribution in [0.15, 0.2) is 18.2 Å². The number of hydrogen-bond donors (Lipinski definition) is 1. The molecule has 1 aromatic heterocycles. The van der Waals surface area contributed by atoms with Gasteiger partial charge in [-0.05, 0) is 50.6 Å². The number of likely N-dealkylation sites (tertiary alicyclic amines) is 1. The number of aryl methyl sites for hydroxylation is 1. The highest BCUT2D eigenvalue weighted by atomic mass is 35.5. The number of rotatable bonds is 7. The van der Waals surface area contributed by atoms with Gasteiger partial charge in [0.15, 0.2) is 0 Å². The highest BCUT2D eigenvalue weighted by Gasteiger charge is 2.36. The van der Waals surface area contributed by atoms with Crippen LogP contribution in [-0.4, -0.2) is 95.3 Å². The number of carbonyl (C=O) groups excluding carboxylic acids is 2. The van der Waals surface area contributed by atoms with Gasteiger partial charge in [-0.3, -0.25) is 19.5 Å². The zero-order valence-corrected chi connectivity index (χ0v) is 22.8. The van der Waals surface area contributed by atoms with Crippen molar-refractivity contribution < 1.29 is 9.59 Å². The van der Waals surface area contributed by atoms with Crippen molar-refractivity contribution in [2.45, 2.75) is 32.9 Å². The smallest absolute Gasteiger partial charge is 0.257 e. The Bertz CT molecular complexity index is 1190. The van der Waals surface area contributed by atoms with Gasteiger partial charge in [0.05, 0.1) is 17.8 Å². The molecule has 2 saturated heterocycles. The minimum atomic E-state index is -0.212. The number of piperazine rings is 1. The molecule has 4 heterocycles. The lowest BCUT2D eigenvalue weighted by Crippen LogP contribution is -2.52. The standard InChI is InChI=1S/C27H34Cl2N6O2/c1-18-21(15-30)25(20-5-4-19(28)14-22(20)29)26-23(31-18)16-35(27(26)37)17-24(36)34-12-10-33(11-13-34)9-8-32-6-2-3-7-32/h4-5,14H,2-3,6-13,15-17,30H2,1H3. The molecule has 2 amide bonds. The molecule has 37 heavy (non-hydrogen) atoms. The van der Waals surface area contributed by atoms with Gasteiger partial charge in [-0.1, -0.05) is 29.3 Å². The number of fused-ring (bicyclic) bond motifs is 1. The van der Waals surface area contributed by atoms with Crippen molar-refractivity contribution in [1.29, 1.82) is 0 Å². The Hall–Kier alpha value is -2.23. The van der Waals surface area contributed by atoms with Crippen molar-refractivity contribution in [3.8, 4) is 11.1 Å². The molecule has 0 saturated carbocycles. The second-order valence-corrected chi connectivity index (χ2v) is 11.0. The van der Waals surface area contributed by atoms with Crippen LogP contribution in [0.25, 0.3) is 11.1 Å². The number of aromatic nitrogens is 1. The number of carbonyl (C=O) groups is 2. The number of pyridine rings is 1. The van der Waals surface area contributed by atoms with Gasteiger partial charge in [0.25, 0.3) is 5.91 Å². The normalized spacial score (nSPS) is 18.6. The Labute approximate surface area is 228 Å². The number of amides is 2. The summed E-state index contributed by atoms with van der Waals surface area (Å²) in [5.41, 5.74) is 10.1. The Kier molecular flexibility index (Phi) is 8.02. The largest absolute Gasteiger partial charge is 0.339 e. The van der Waals surface area contributed by atoms with E-state index in [2.05, 4.69) is 9.80 Å². The summed E-state index contributed by atoms with van der Waals surface area (Å²) in [6.45, 7) is 10.1. The first kappa shape index (κ1) is 26.4. The summed E-state index contributed by atoms with van der Waals surface area (Å²) in [5, 5.41) is 0.958. The first-order chi connectivity index (χ1) is 17.9. The van der Waals surface area contributed by atoms with Crippen LogP contribution in [-0.2, 0) is 17.9 Å². The Morgan fingerprint density at radius 1 is 1.00 bits per heavy atom. The SMILES string of the molecule is Cc1nc2c(c(-c3ccc(Cl)cc3Cl)c1CN)C(=O)N(CC(=O)N1CCN(CCN3CCCC3)CC1)C2. The molecule has 0 spiro atoms. The third kappa shape index (κ3) is 5.49. The van der Waals surface area contributed by atoms with Crippen molar-refractivity contribution in [1.82, 2.24) is 24.6 Å². The van der Waals surface area contributed by atoms with E-state index in [0.29, 0.717) is 52.1 Å². The van der Waals surface area contributed by atoms with Crippen LogP contribution < -0.4 is 5.73 Å². The van der Waals surface area contributed by atoms with Crippen LogP contribution in [0.5, 0.6) is 0 Å². The fraction of sp³-hybridized carbons (Fsp3) is 0.519. The van der Waals surface area contributed by atoms with Gasteiger partial charge in [-0.2, -0.15) is 0 Å². The number of halogens is 2. The van der Waals surface area contributed by atoms with Gasteiger partial charge in [-0.25, -0.2) is 0 Å². The predicted molar refractivity (Wildman–Crippen MR) is 146 cm³/mol. The second-order valence-electron chi connectivity index (χ2n) is 10.1. The van der Waals surface area contributed by atoms with Crippen LogP contribution in [0.4, 0.5) is 0 Å². The molecule has 0 unspecified atom stereocenters. The lowest BCUT2D eigenvalue weighted by molar-refractivity contribution is -0.133. The zero-order chi connectivity index (χ0) is 26.1. The highest BCUT2D eigenvalue weighted by Crippen LogP contribution is 2.39. The van der Waals surface area contributed by atoms with E-state index in [-0.39, 0.29) is 24.9 Å². The maximum Gasteiger partial charge on any atom is 0.257 e. The summed E-state index contributed by atoms with van der Waals surface area (Å²) >= 11 is 12.7. The number of hydrogen-bond acceptors (Lipinski definition) is 6. The molecule has 0 aliphatic carbocycles. The topological polar surface area (TPSA) is 86.0 Å². The van der Waals surface area contributed by atoms with Crippen LogP contribution in [0.1, 0.15) is 40.2 Å². The molecular weight excluding hydrogens is 511 g/mol. The van der Waals surface area contributed by atoms with E-state index in [0.717, 1.165) is 37.4 Å². The molecule has 3 aliphatic heterocycles. The molecule has 2 aromatic rings. The third-order valence-electron chi connectivity index (χ3n) is 7.81. The van der Waals surface area contributed by atoms with E-state index >= 15 is 0 Å². The summed E-state index contributed by atoms with van der Waals surface area (Å²) < 4.78 is 0. The molecule has 0 atom stereocenters. The summed E-state index contributed by atoms with van der Waals surface area (Å²) in [7, 11) is 0.